The summed E-state index contributed by atoms with van der Waals surface area (Å²) in [7, 11) is 0. The van der Waals surface area contributed by atoms with E-state index in [1.165, 1.54) is 63.4 Å². The fourth-order valence-corrected chi connectivity index (χ4v) is 11.5. The Morgan fingerprint density at radius 2 is 1.45 bits per heavy atom. The molecule has 31 heavy (non-hydrogen) atoms. The standard InChI is InChI=1S/C30H50O/c1-19(2)20-11-14-27(5)17-18-29(7)21(25(20)27)9-10-23-28(6)15-13-24(31)26(3,4)22(28)12-16-30(23,29)8/h20-25,31H,1,9-18H2,2-8H3/t20?,21-,22?,23?,24+,25?,27-,28+,29?,30-/m1/s1. The molecule has 0 aromatic carbocycles. The van der Waals surface area contributed by atoms with Gasteiger partial charge in [-0.2, -0.15) is 0 Å². The molecule has 5 aliphatic rings. The average molecular weight is 427 g/mol. The van der Waals surface area contributed by atoms with E-state index in [9.17, 15) is 5.11 Å². The summed E-state index contributed by atoms with van der Waals surface area (Å²) in [6.07, 6.45) is 13.4. The van der Waals surface area contributed by atoms with Crippen LogP contribution in [0.1, 0.15) is 113 Å². The Hall–Kier alpha value is -0.300. The van der Waals surface area contributed by atoms with E-state index in [2.05, 4.69) is 55.0 Å². The molecule has 5 fully saturated rings. The van der Waals surface area contributed by atoms with E-state index in [1.54, 1.807) is 0 Å². The molecule has 0 spiro atoms. The fourth-order valence-electron chi connectivity index (χ4n) is 11.5. The van der Waals surface area contributed by atoms with Crippen LogP contribution in [0.15, 0.2) is 12.2 Å². The zero-order valence-corrected chi connectivity index (χ0v) is 21.7. The predicted octanol–water partition coefficient (Wildman–Crippen LogP) is 8.02. The molecule has 1 nitrogen and oxygen atoms in total. The van der Waals surface area contributed by atoms with E-state index >= 15 is 0 Å². The monoisotopic (exact) mass is 426 g/mol. The molecule has 176 valence electrons. The van der Waals surface area contributed by atoms with Crippen LogP contribution in [0.4, 0.5) is 0 Å². The molecule has 0 aromatic rings. The Morgan fingerprint density at radius 1 is 0.742 bits per heavy atom. The topological polar surface area (TPSA) is 20.2 Å². The minimum absolute atomic E-state index is 0.0632. The number of allylic oxidation sites excluding steroid dienone is 1. The normalized spacial score (nSPS) is 57.9. The summed E-state index contributed by atoms with van der Waals surface area (Å²) in [4.78, 5) is 0. The van der Waals surface area contributed by atoms with Crippen molar-refractivity contribution in [3.8, 4) is 0 Å². The van der Waals surface area contributed by atoms with Crippen LogP contribution in [0.2, 0.25) is 0 Å². The average Bonchev–Trinajstić information content (AvgIpc) is 3.04. The Labute approximate surface area is 192 Å². The van der Waals surface area contributed by atoms with Gasteiger partial charge in [0.25, 0.3) is 0 Å². The van der Waals surface area contributed by atoms with E-state index in [-0.39, 0.29) is 11.5 Å². The van der Waals surface area contributed by atoms with Gasteiger partial charge in [-0.3, -0.25) is 0 Å². The van der Waals surface area contributed by atoms with Gasteiger partial charge in [-0.15, -0.1) is 0 Å². The third-order valence-corrected chi connectivity index (χ3v) is 13.5. The lowest BCUT2D eigenvalue weighted by atomic mass is 9.32. The van der Waals surface area contributed by atoms with Gasteiger partial charge in [0.15, 0.2) is 0 Å². The Kier molecular flexibility index (Phi) is 4.82. The Bertz CT molecular complexity index is 766. The zero-order valence-electron chi connectivity index (χ0n) is 21.7. The van der Waals surface area contributed by atoms with Gasteiger partial charge in [-0.05, 0) is 128 Å². The van der Waals surface area contributed by atoms with Crippen molar-refractivity contribution in [3.63, 3.8) is 0 Å². The van der Waals surface area contributed by atoms with Crippen LogP contribution in [0.25, 0.3) is 0 Å². The van der Waals surface area contributed by atoms with Crippen molar-refractivity contribution in [1.29, 1.82) is 0 Å². The molecule has 5 rings (SSSR count). The van der Waals surface area contributed by atoms with Gasteiger partial charge >= 0.3 is 0 Å². The number of aliphatic hydroxyl groups is 1. The number of hydrogen-bond acceptors (Lipinski definition) is 1. The lowest BCUT2D eigenvalue weighted by Gasteiger charge is -2.73. The molecule has 0 radical (unpaired) electrons. The second-order valence-corrected chi connectivity index (χ2v) is 14.7. The molecule has 5 saturated carbocycles. The maximum atomic E-state index is 10.9. The van der Waals surface area contributed by atoms with E-state index < -0.39 is 0 Å². The van der Waals surface area contributed by atoms with Crippen LogP contribution in [0, 0.1) is 56.7 Å². The molecule has 0 aromatic heterocycles. The molecule has 0 saturated heterocycles. The van der Waals surface area contributed by atoms with Crippen molar-refractivity contribution >= 4 is 0 Å². The Morgan fingerprint density at radius 3 is 2.13 bits per heavy atom. The molecular weight excluding hydrogens is 376 g/mol. The van der Waals surface area contributed by atoms with Crippen molar-refractivity contribution in [2.24, 2.45) is 56.7 Å². The first-order valence-corrected chi connectivity index (χ1v) is 13.6. The molecular formula is C30H50O. The first-order valence-electron chi connectivity index (χ1n) is 13.6. The van der Waals surface area contributed by atoms with Crippen LogP contribution in [0.5, 0.6) is 0 Å². The smallest absolute Gasteiger partial charge is 0.0594 e. The third-order valence-electron chi connectivity index (χ3n) is 13.5. The van der Waals surface area contributed by atoms with Gasteiger partial charge in [-0.1, -0.05) is 53.7 Å². The van der Waals surface area contributed by atoms with E-state index in [1.807, 2.05) is 0 Å². The van der Waals surface area contributed by atoms with Gasteiger partial charge < -0.3 is 5.11 Å². The van der Waals surface area contributed by atoms with E-state index in [4.69, 9.17) is 0 Å². The number of aliphatic hydroxyl groups excluding tert-OH is 1. The van der Waals surface area contributed by atoms with Gasteiger partial charge in [-0.25, -0.2) is 0 Å². The van der Waals surface area contributed by atoms with Crippen LogP contribution < -0.4 is 0 Å². The van der Waals surface area contributed by atoms with Gasteiger partial charge in [0.05, 0.1) is 6.10 Å². The first-order chi connectivity index (χ1) is 14.3. The molecule has 10 atom stereocenters. The SMILES string of the molecule is C=C(C)C1CC[C@]2(C)CCC3(C)[C@H](CCC4[C@@]5(C)CC[C@H](O)C(C)(C)C5CC[C@]43C)C12. The summed E-state index contributed by atoms with van der Waals surface area (Å²) in [5, 5.41) is 10.9. The highest BCUT2D eigenvalue weighted by molar-refractivity contribution is 5.21. The molecule has 5 aliphatic carbocycles. The maximum absolute atomic E-state index is 10.9. The van der Waals surface area contributed by atoms with E-state index in [0.29, 0.717) is 27.6 Å². The predicted molar refractivity (Wildman–Crippen MR) is 131 cm³/mol. The third kappa shape index (κ3) is 2.65. The lowest BCUT2D eigenvalue weighted by molar-refractivity contribution is -0.246. The summed E-state index contributed by atoms with van der Waals surface area (Å²) in [5.74, 6) is 3.98. The minimum atomic E-state index is -0.118. The molecule has 1 heteroatoms. The summed E-state index contributed by atoms with van der Waals surface area (Å²) in [6, 6.07) is 0. The lowest BCUT2D eigenvalue weighted by Crippen LogP contribution is -2.66. The number of rotatable bonds is 1. The highest BCUT2D eigenvalue weighted by atomic mass is 16.3. The van der Waals surface area contributed by atoms with Gasteiger partial charge in [0.2, 0.25) is 0 Å². The number of hydrogen-bond donors (Lipinski definition) is 1. The molecule has 0 heterocycles. The van der Waals surface area contributed by atoms with Crippen molar-refractivity contribution in [2.45, 2.75) is 119 Å². The summed E-state index contributed by atoms with van der Waals surface area (Å²) >= 11 is 0. The van der Waals surface area contributed by atoms with Crippen molar-refractivity contribution in [3.05, 3.63) is 12.2 Å². The second-order valence-electron chi connectivity index (χ2n) is 14.7. The van der Waals surface area contributed by atoms with Gasteiger partial charge in [0.1, 0.15) is 0 Å². The highest BCUT2D eigenvalue weighted by Crippen LogP contribution is 2.77. The number of fused-ring (bicyclic) bond motifs is 7. The zero-order chi connectivity index (χ0) is 22.6. The maximum Gasteiger partial charge on any atom is 0.0594 e. The van der Waals surface area contributed by atoms with Crippen LogP contribution >= 0.6 is 0 Å². The second kappa shape index (κ2) is 6.64. The molecule has 5 unspecified atom stereocenters. The molecule has 0 aliphatic heterocycles. The largest absolute Gasteiger partial charge is 0.393 e. The van der Waals surface area contributed by atoms with Gasteiger partial charge in [0, 0.05) is 0 Å². The summed E-state index contributed by atoms with van der Waals surface area (Å²) < 4.78 is 0. The van der Waals surface area contributed by atoms with Crippen molar-refractivity contribution in [1.82, 2.24) is 0 Å². The first kappa shape index (κ1) is 22.5. The van der Waals surface area contributed by atoms with Crippen molar-refractivity contribution < 1.29 is 5.11 Å². The van der Waals surface area contributed by atoms with E-state index in [0.717, 1.165) is 30.1 Å². The summed E-state index contributed by atoms with van der Waals surface area (Å²) in [6.45, 7) is 22.3. The van der Waals surface area contributed by atoms with Crippen LogP contribution in [-0.2, 0) is 0 Å². The summed E-state index contributed by atoms with van der Waals surface area (Å²) in [5.41, 5.74) is 3.38. The highest BCUT2D eigenvalue weighted by Gasteiger charge is 2.70. The minimum Gasteiger partial charge on any atom is -0.393 e. The molecule has 0 bridgehead atoms. The molecule has 1 N–H and O–H groups in total. The van der Waals surface area contributed by atoms with Crippen molar-refractivity contribution in [2.75, 3.05) is 0 Å². The molecule has 0 amide bonds. The van der Waals surface area contributed by atoms with Crippen LogP contribution in [0.3, 0.4) is 0 Å². The quantitative estimate of drug-likeness (QED) is 0.421. The Balaban J connectivity index is 1.54. The fraction of sp³-hybridized carbons (Fsp3) is 0.933. The van der Waals surface area contributed by atoms with Crippen LogP contribution in [-0.4, -0.2) is 11.2 Å².